The van der Waals surface area contributed by atoms with Crippen molar-refractivity contribution >= 4 is 27.1 Å². The molecule has 5 nitrogen and oxygen atoms in total. The molecule has 0 aromatic heterocycles. The zero-order chi connectivity index (χ0) is 14.6. The van der Waals surface area contributed by atoms with Crippen LogP contribution in [-0.2, 0) is 14.6 Å². The van der Waals surface area contributed by atoms with Crippen LogP contribution in [0.15, 0.2) is 18.2 Å². The van der Waals surface area contributed by atoms with E-state index in [4.69, 9.17) is 5.73 Å². The van der Waals surface area contributed by atoms with Crippen LogP contribution in [0.5, 0.6) is 0 Å². The quantitative estimate of drug-likeness (QED) is 0.803. The molecule has 6 heteroatoms. The topological polar surface area (TPSA) is 89.3 Å². The Balaban J connectivity index is 2.73. The molecule has 0 bridgehead atoms. The standard InChI is InChI=1S/C13H20N2O3S/c1-9(2)7-19(17,18)8-13(16)15-12-6-11(14)5-4-10(12)3/h4-6,9H,7-8,14H2,1-3H3,(H,15,16). The number of nitrogen functional groups attached to an aromatic ring is 1. The molecule has 1 aromatic rings. The highest BCUT2D eigenvalue weighted by atomic mass is 32.2. The van der Waals surface area contributed by atoms with Gasteiger partial charge in [0.25, 0.3) is 0 Å². The van der Waals surface area contributed by atoms with E-state index in [1.54, 1.807) is 32.0 Å². The van der Waals surface area contributed by atoms with Crippen molar-refractivity contribution in [2.45, 2.75) is 20.8 Å². The van der Waals surface area contributed by atoms with E-state index in [1.165, 1.54) is 0 Å². The zero-order valence-electron chi connectivity index (χ0n) is 11.4. The second-order valence-electron chi connectivity index (χ2n) is 5.07. The number of rotatable bonds is 5. The third-order valence-electron chi connectivity index (χ3n) is 2.47. The third-order valence-corrected chi connectivity index (χ3v) is 4.35. The summed E-state index contributed by atoms with van der Waals surface area (Å²) in [4.78, 5) is 11.7. The molecule has 1 amide bonds. The summed E-state index contributed by atoms with van der Waals surface area (Å²) in [6, 6.07) is 5.11. The predicted molar refractivity (Wildman–Crippen MR) is 77.7 cm³/mol. The molecule has 0 heterocycles. The van der Waals surface area contributed by atoms with Crippen LogP contribution in [0.25, 0.3) is 0 Å². The molecular formula is C13H20N2O3S. The Kier molecular flexibility index (Phi) is 4.94. The maximum Gasteiger partial charge on any atom is 0.239 e. The van der Waals surface area contributed by atoms with Crippen LogP contribution >= 0.6 is 0 Å². The summed E-state index contributed by atoms with van der Waals surface area (Å²) in [7, 11) is -3.37. The van der Waals surface area contributed by atoms with Gasteiger partial charge < -0.3 is 11.1 Å². The first-order chi connectivity index (χ1) is 8.69. The van der Waals surface area contributed by atoms with Crippen molar-refractivity contribution in [3.05, 3.63) is 23.8 Å². The van der Waals surface area contributed by atoms with E-state index >= 15 is 0 Å². The molecule has 0 aliphatic heterocycles. The highest BCUT2D eigenvalue weighted by molar-refractivity contribution is 7.92. The number of amides is 1. The van der Waals surface area contributed by atoms with Crippen LogP contribution in [0.2, 0.25) is 0 Å². The number of hydrogen-bond acceptors (Lipinski definition) is 4. The molecule has 0 radical (unpaired) electrons. The van der Waals surface area contributed by atoms with E-state index in [9.17, 15) is 13.2 Å². The molecule has 106 valence electrons. The largest absolute Gasteiger partial charge is 0.399 e. The number of carbonyl (C=O) groups excluding carboxylic acids is 1. The Morgan fingerprint density at radius 2 is 2.00 bits per heavy atom. The number of benzene rings is 1. The van der Waals surface area contributed by atoms with Crippen molar-refractivity contribution < 1.29 is 13.2 Å². The van der Waals surface area contributed by atoms with E-state index in [0.717, 1.165) is 5.56 Å². The lowest BCUT2D eigenvalue weighted by molar-refractivity contribution is -0.113. The lowest BCUT2D eigenvalue weighted by Gasteiger charge is -2.10. The highest BCUT2D eigenvalue weighted by Crippen LogP contribution is 2.18. The minimum atomic E-state index is -3.37. The summed E-state index contributed by atoms with van der Waals surface area (Å²) in [6.45, 7) is 5.42. The molecule has 0 unspecified atom stereocenters. The maximum atomic E-state index is 11.7. The first-order valence-electron chi connectivity index (χ1n) is 6.06. The van der Waals surface area contributed by atoms with Crippen molar-refractivity contribution in [1.29, 1.82) is 0 Å². The minimum Gasteiger partial charge on any atom is -0.399 e. The summed E-state index contributed by atoms with van der Waals surface area (Å²) in [5.74, 6) is -1.02. The first kappa shape index (κ1) is 15.5. The SMILES string of the molecule is Cc1ccc(N)cc1NC(=O)CS(=O)(=O)CC(C)C. The number of aryl methyl sites for hydroxylation is 1. The van der Waals surface area contributed by atoms with E-state index < -0.39 is 21.5 Å². The number of anilines is 2. The van der Waals surface area contributed by atoms with Gasteiger partial charge in [0.15, 0.2) is 9.84 Å². The molecule has 0 saturated carbocycles. The fourth-order valence-corrected chi connectivity index (χ4v) is 3.33. The monoisotopic (exact) mass is 284 g/mol. The van der Waals surface area contributed by atoms with Crippen molar-refractivity contribution in [3.8, 4) is 0 Å². The Labute approximate surface area is 114 Å². The zero-order valence-corrected chi connectivity index (χ0v) is 12.3. The van der Waals surface area contributed by atoms with Crippen LogP contribution in [0.3, 0.4) is 0 Å². The van der Waals surface area contributed by atoms with Gasteiger partial charge in [-0.3, -0.25) is 4.79 Å². The lowest BCUT2D eigenvalue weighted by Crippen LogP contribution is -2.26. The molecular weight excluding hydrogens is 264 g/mol. The number of carbonyl (C=O) groups is 1. The fraction of sp³-hybridized carbons (Fsp3) is 0.462. The van der Waals surface area contributed by atoms with Crippen molar-refractivity contribution in [2.75, 3.05) is 22.6 Å². The average Bonchev–Trinajstić information content (AvgIpc) is 2.20. The van der Waals surface area contributed by atoms with Gasteiger partial charge in [0, 0.05) is 11.4 Å². The Bertz CT molecular complexity index is 565. The normalized spacial score (nSPS) is 11.6. The van der Waals surface area contributed by atoms with Gasteiger partial charge in [0.05, 0.1) is 5.75 Å². The van der Waals surface area contributed by atoms with Gasteiger partial charge >= 0.3 is 0 Å². The molecule has 3 N–H and O–H groups in total. The molecule has 0 saturated heterocycles. The third kappa shape index (κ3) is 5.30. The Morgan fingerprint density at radius 3 is 2.58 bits per heavy atom. The second-order valence-corrected chi connectivity index (χ2v) is 7.18. The molecule has 0 spiro atoms. The van der Waals surface area contributed by atoms with Gasteiger partial charge in [0.2, 0.25) is 5.91 Å². The second kappa shape index (κ2) is 6.06. The highest BCUT2D eigenvalue weighted by Gasteiger charge is 2.18. The van der Waals surface area contributed by atoms with Crippen LogP contribution in [0.4, 0.5) is 11.4 Å². The van der Waals surface area contributed by atoms with Gasteiger partial charge in [-0.1, -0.05) is 19.9 Å². The number of nitrogens with one attached hydrogen (secondary N) is 1. The summed E-state index contributed by atoms with van der Waals surface area (Å²) in [5.41, 5.74) is 7.53. The van der Waals surface area contributed by atoms with Crippen molar-refractivity contribution in [3.63, 3.8) is 0 Å². The molecule has 1 aromatic carbocycles. The Hall–Kier alpha value is -1.56. The molecule has 19 heavy (non-hydrogen) atoms. The van der Waals surface area contributed by atoms with Gasteiger partial charge in [0.1, 0.15) is 5.75 Å². The number of hydrogen-bond donors (Lipinski definition) is 2. The average molecular weight is 284 g/mol. The van der Waals surface area contributed by atoms with Crippen LogP contribution in [-0.4, -0.2) is 25.8 Å². The Morgan fingerprint density at radius 1 is 1.37 bits per heavy atom. The summed E-state index contributed by atoms with van der Waals surface area (Å²) in [6.07, 6.45) is 0. The predicted octanol–water partition coefficient (Wildman–Crippen LogP) is 1.59. The number of sulfone groups is 1. The lowest BCUT2D eigenvalue weighted by atomic mass is 10.2. The molecule has 0 atom stereocenters. The number of nitrogens with two attached hydrogens (primary N) is 1. The fourth-order valence-electron chi connectivity index (χ4n) is 1.73. The molecule has 0 aliphatic carbocycles. The van der Waals surface area contributed by atoms with Crippen LogP contribution in [0, 0.1) is 12.8 Å². The first-order valence-corrected chi connectivity index (χ1v) is 7.88. The van der Waals surface area contributed by atoms with Crippen LogP contribution < -0.4 is 11.1 Å². The van der Waals surface area contributed by atoms with Gasteiger partial charge in [-0.25, -0.2) is 8.42 Å². The molecule has 1 rings (SSSR count). The van der Waals surface area contributed by atoms with E-state index in [1.807, 2.05) is 6.92 Å². The summed E-state index contributed by atoms with van der Waals surface area (Å²) < 4.78 is 23.4. The summed E-state index contributed by atoms with van der Waals surface area (Å²) >= 11 is 0. The van der Waals surface area contributed by atoms with Crippen molar-refractivity contribution in [2.24, 2.45) is 5.92 Å². The van der Waals surface area contributed by atoms with Gasteiger partial charge in [-0.2, -0.15) is 0 Å². The van der Waals surface area contributed by atoms with E-state index in [2.05, 4.69) is 5.32 Å². The van der Waals surface area contributed by atoms with Gasteiger partial charge in [-0.15, -0.1) is 0 Å². The van der Waals surface area contributed by atoms with E-state index in [0.29, 0.717) is 11.4 Å². The molecule has 0 fully saturated rings. The minimum absolute atomic E-state index is 0.00639. The maximum absolute atomic E-state index is 11.7. The van der Waals surface area contributed by atoms with Gasteiger partial charge in [-0.05, 0) is 30.5 Å². The molecule has 0 aliphatic rings. The smallest absolute Gasteiger partial charge is 0.239 e. The van der Waals surface area contributed by atoms with Crippen molar-refractivity contribution in [1.82, 2.24) is 0 Å². The van der Waals surface area contributed by atoms with Crippen LogP contribution in [0.1, 0.15) is 19.4 Å². The summed E-state index contributed by atoms with van der Waals surface area (Å²) in [5, 5.41) is 2.58. The van der Waals surface area contributed by atoms with E-state index in [-0.39, 0.29) is 11.7 Å².